The van der Waals surface area contributed by atoms with Crippen molar-refractivity contribution in [1.29, 1.82) is 0 Å². The molecule has 2 aromatic rings. The Labute approximate surface area is 157 Å². The van der Waals surface area contributed by atoms with Crippen molar-refractivity contribution < 1.29 is 27.1 Å². The van der Waals surface area contributed by atoms with Gasteiger partial charge in [0.1, 0.15) is 11.4 Å². The largest absolute Gasteiger partial charge is 0.491 e. The summed E-state index contributed by atoms with van der Waals surface area (Å²) in [7, 11) is 0.827. The van der Waals surface area contributed by atoms with Gasteiger partial charge < -0.3 is 10.1 Å². The molecule has 0 spiro atoms. The minimum absolute atomic E-state index is 0.249. The van der Waals surface area contributed by atoms with Gasteiger partial charge in [-0.25, -0.2) is 13.8 Å². The number of aromatic nitrogens is 1. The number of anilines is 1. The monoisotopic (exact) mass is 485 g/mol. The van der Waals surface area contributed by atoms with Gasteiger partial charge in [-0.2, -0.15) is 8.78 Å². The molecule has 1 amide bonds. The molecule has 1 aromatic heterocycles. The first-order valence-corrected chi connectivity index (χ1v) is 7.88. The number of carbonyl (C=O) groups excluding carboxylic acids is 1. The number of methoxy groups -OCH3 is 1. The van der Waals surface area contributed by atoms with E-state index in [0.717, 1.165) is 10.7 Å². The topological polar surface area (TPSA) is 63.2 Å². The minimum atomic E-state index is -1.90. The van der Waals surface area contributed by atoms with E-state index >= 15 is 0 Å². The average molecular weight is 485 g/mol. The summed E-state index contributed by atoms with van der Waals surface area (Å²) in [4.78, 5) is 15.9. The number of carbonyl (C=O) groups is 1. The summed E-state index contributed by atoms with van der Waals surface area (Å²) in [5.41, 5.74) is -1.46. The Bertz CT molecular complexity index is 820. The number of nitrogens with zero attached hydrogens (tertiary/aromatic N) is 1. The Balaban J connectivity index is 2.23. The van der Waals surface area contributed by atoms with Crippen LogP contribution in [0.25, 0.3) is 0 Å². The second-order valence-corrected chi connectivity index (χ2v) is 6.09. The maximum atomic E-state index is 13.9. The molecule has 11 heteroatoms. The molecule has 25 heavy (non-hydrogen) atoms. The maximum Gasteiger partial charge on any atom is 0.263 e. The van der Waals surface area contributed by atoms with Crippen molar-refractivity contribution >= 4 is 51.6 Å². The lowest BCUT2D eigenvalue weighted by Crippen LogP contribution is -2.35. The Kier molecular flexibility index (Phi) is 6.11. The molecule has 1 aromatic carbocycles. The number of rotatable bonds is 3. The molecule has 0 fully saturated rings. The van der Waals surface area contributed by atoms with Gasteiger partial charge in [-0.1, -0.05) is 0 Å². The summed E-state index contributed by atoms with van der Waals surface area (Å²) >= 11 is 6.82. The SMILES string of the molecule is COc1c(F)c(F)c(C(=O)NC(=S)Nc2ccc(I)cn2)c(F)c1F. The molecule has 0 atom stereocenters. The number of hydrogen-bond donors (Lipinski definition) is 2. The normalized spacial score (nSPS) is 10.3. The summed E-state index contributed by atoms with van der Waals surface area (Å²) in [5, 5.41) is 4.04. The second-order valence-electron chi connectivity index (χ2n) is 4.43. The van der Waals surface area contributed by atoms with Crippen LogP contribution >= 0.6 is 34.8 Å². The molecule has 0 saturated heterocycles. The van der Waals surface area contributed by atoms with Gasteiger partial charge in [0.25, 0.3) is 5.91 Å². The highest BCUT2D eigenvalue weighted by molar-refractivity contribution is 14.1. The van der Waals surface area contributed by atoms with Gasteiger partial charge in [0.05, 0.1) is 7.11 Å². The number of hydrogen-bond acceptors (Lipinski definition) is 4. The van der Waals surface area contributed by atoms with Crippen molar-refractivity contribution in [2.24, 2.45) is 0 Å². The van der Waals surface area contributed by atoms with Gasteiger partial charge in [-0.05, 0) is 46.9 Å². The molecule has 0 aliphatic carbocycles. The highest BCUT2D eigenvalue weighted by Crippen LogP contribution is 2.29. The third kappa shape index (κ3) is 4.15. The predicted molar refractivity (Wildman–Crippen MR) is 93.5 cm³/mol. The summed E-state index contributed by atoms with van der Waals surface area (Å²) < 4.78 is 60.1. The van der Waals surface area contributed by atoms with Gasteiger partial charge in [-0.15, -0.1) is 0 Å². The molecule has 2 N–H and O–H groups in total. The first-order chi connectivity index (χ1) is 11.8. The molecule has 0 bridgehead atoms. The lowest BCUT2D eigenvalue weighted by Gasteiger charge is -2.12. The number of halogens is 5. The highest BCUT2D eigenvalue weighted by atomic mass is 127. The Hall–Kier alpha value is -2.02. The van der Waals surface area contributed by atoms with Crippen LogP contribution in [0, 0.1) is 26.8 Å². The van der Waals surface area contributed by atoms with Crippen LogP contribution in [-0.2, 0) is 0 Å². The summed E-state index contributed by atoms with van der Waals surface area (Å²) in [6.07, 6.45) is 1.50. The van der Waals surface area contributed by atoms with Crippen molar-refractivity contribution in [2.45, 2.75) is 0 Å². The first-order valence-electron chi connectivity index (χ1n) is 6.40. The quantitative estimate of drug-likeness (QED) is 0.302. The third-order valence-electron chi connectivity index (χ3n) is 2.85. The van der Waals surface area contributed by atoms with Gasteiger partial charge in [-0.3, -0.25) is 10.1 Å². The standard InChI is InChI=1S/C14H8F4IN3O2S/c1-24-12-10(17)8(15)7(9(16)11(12)18)13(23)22-14(25)21-6-3-2-5(19)4-20-6/h2-4H,1H3,(H2,20,21,22,23,25). The number of thiocarbonyl (C=S) groups is 1. The van der Waals surface area contributed by atoms with E-state index in [4.69, 9.17) is 12.2 Å². The van der Waals surface area contributed by atoms with Crippen LogP contribution in [-0.4, -0.2) is 23.1 Å². The van der Waals surface area contributed by atoms with Crippen LogP contribution in [0.3, 0.4) is 0 Å². The molecule has 0 saturated carbocycles. The van der Waals surface area contributed by atoms with E-state index in [2.05, 4.69) is 15.0 Å². The summed E-state index contributed by atoms with van der Waals surface area (Å²) in [6.45, 7) is 0. The van der Waals surface area contributed by atoms with Crippen molar-refractivity contribution in [2.75, 3.05) is 12.4 Å². The summed E-state index contributed by atoms with van der Waals surface area (Å²) in [5.74, 6) is -9.95. The zero-order valence-electron chi connectivity index (χ0n) is 12.3. The third-order valence-corrected chi connectivity index (χ3v) is 3.69. The van der Waals surface area contributed by atoms with E-state index in [0.29, 0.717) is 0 Å². The Morgan fingerprint density at radius 1 is 1.16 bits per heavy atom. The molecule has 0 aliphatic heterocycles. The number of amides is 1. The van der Waals surface area contributed by atoms with Crippen LogP contribution in [0.5, 0.6) is 5.75 Å². The molecule has 132 valence electrons. The number of benzene rings is 1. The molecule has 0 unspecified atom stereocenters. The lowest BCUT2D eigenvalue weighted by atomic mass is 10.1. The van der Waals surface area contributed by atoms with E-state index in [1.807, 2.05) is 27.9 Å². The average Bonchev–Trinajstić information content (AvgIpc) is 2.56. The van der Waals surface area contributed by atoms with Gasteiger partial charge in [0.2, 0.25) is 11.6 Å². The van der Waals surface area contributed by atoms with Gasteiger partial charge in [0.15, 0.2) is 22.5 Å². The van der Waals surface area contributed by atoms with E-state index in [9.17, 15) is 22.4 Å². The number of nitrogens with one attached hydrogen (secondary N) is 2. The first kappa shape index (κ1) is 19.3. The number of ether oxygens (including phenoxy) is 1. The van der Waals surface area contributed by atoms with E-state index in [1.165, 1.54) is 12.3 Å². The molecular formula is C14H8F4IN3O2S. The highest BCUT2D eigenvalue weighted by Gasteiger charge is 2.30. The smallest absolute Gasteiger partial charge is 0.263 e. The lowest BCUT2D eigenvalue weighted by molar-refractivity contribution is 0.0966. The maximum absolute atomic E-state index is 13.9. The van der Waals surface area contributed by atoms with Crippen LogP contribution in [0.4, 0.5) is 23.4 Å². The van der Waals surface area contributed by atoms with Crippen LogP contribution in [0.15, 0.2) is 18.3 Å². The Morgan fingerprint density at radius 3 is 2.24 bits per heavy atom. The van der Waals surface area contributed by atoms with Gasteiger partial charge in [0, 0.05) is 9.77 Å². The molecule has 0 aliphatic rings. The van der Waals surface area contributed by atoms with Crippen molar-refractivity contribution in [3.05, 3.63) is 50.7 Å². The fourth-order valence-electron chi connectivity index (χ4n) is 1.75. The number of pyridine rings is 1. The van der Waals surface area contributed by atoms with Crippen LogP contribution in [0.2, 0.25) is 0 Å². The molecular weight excluding hydrogens is 477 g/mol. The van der Waals surface area contributed by atoms with Crippen molar-refractivity contribution in [3.8, 4) is 5.75 Å². The van der Waals surface area contributed by atoms with Crippen LogP contribution < -0.4 is 15.4 Å². The second kappa shape index (κ2) is 7.91. The fraction of sp³-hybridized carbons (Fsp3) is 0.0714. The zero-order valence-corrected chi connectivity index (χ0v) is 15.3. The fourth-order valence-corrected chi connectivity index (χ4v) is 2.27. The van der Waals surface area contributed by atoms with Crippen LogP contribution in [0.1, 0.15) is 10.4 Å². The van der Waals surface area contributed by atoms with E-state index in [-0.39, 0.29) is 10.9 Å². The van der Waals surface area contributed by atoms with E-state index < -0.39 is 40.5 Å². The summed E-state index contributed by atoms with van der Waals surface area (Å²) in [6, 6.07) is 3.22. The zero-order chi connectivity index (χ0) is 18.7. The Morgan fingerprint density at radius 2 is 1.76 bits per heavy atom. The van der Waals surface area contributed by atoms with Gasteiger partial charge >= 0.3 is 0 Å². The molecule has 1 heterocycles. The predicted octanol–water partition coefficient (Wildman–Crippen LogP) is 3.38. The van der Waals surface area contributed by atoms with Crippen molar-refractivity contribution in [1.82, 2.24) is 10.3 Å². The molecule has 5 nitrogen and oxygen atoms in total. The van der Waals surface area contributed by atoms with E-state index in [1.54, 1.807) is 6.07 Å². The van der Waals surface area contributed by atoms with Crippen molar-refractivity contribution in [3.63, 3.8) is 0 Å². The molecule has 0 radical (unpaired) electrons. The minimum Gasteiger partial charge on any atom is -0.491 e. The molecule has 2 rings (SSSR count).